The highest BCUT2D eigenvalue weighted by Crippen LogP contribution is 2.20. The lowest BCUT2D eigenvalue weighted by Crippen LogP contribution is -2.48. The van der Waals surface area contributed by atoms with E-state index in [0.717, 1.165) is 17.1 Å². The van der Waals surface area contributed by atoms with Crippen LogP contribution < -0.4 is 27.7 Å². The van der Waals surface area contributed by atoms with E-state index < -0.39 is 48.5 Å². The number of hydrogen-bond acceptors (Lipinski definition) is 7. The number of guanidine groups is 1. The lowest BCUT2D eigenvalue weighted by molar-refractivity contribution is -0.174. The summed E-state index contributed by atoms with van der Waals surface area (Å²) in [4.78, 5) is 55.9. The monoisotopic (exact) mass is 511 g/mol. The van der Waals surface area contributed by atoms with Crippen LogP contribution in [0.25, 0.3) is 0 Å². The van der Waals surface area contributed by atoms with Gasteiger partial charge in [-0.2, -0.15) is 13.2 Å². The van der Waals surface area contributed by atoms with Crippen LogP contribution in [0.4, 0.5) is 23.7 Å². The first-order valence-electron chi connectivity index (χ1n) is 10.4. The Bertz CT molecular complexity index is 1150. The molecule has 2 aromatic rings. The zero-order valence-electron chi connectivity index (χ0n) is 18.8. The minimum atomic E-state index is -5.20. The fourth-order valence-electron chi connectivity index (χ4n) is 2.88. The van der Waals surface area contributed by atoms with Crippen molar-refractivity contribution in [3.05, 3.63) is 58.8 Å². The molecule has 1 atom stereocenters. The summed E-state index contributed by atoms with van der Waals surface area (Å²) >= 11 is 0. The van der Waals surface area contributed by atoms with E-state index in [2.05, 4.69) is 15.3 Å². The number of ketones is 1. The Morgan fingerprint density at radius 3 is 2.50 bits per heavy atom. The van der Waals surface area contributed by atoms with Gasteiger partial charge in [0.2, 0.25) is 5.91 Å². The van der Waals surface area contributed by atoms with Gasteiger partial charge in [0.1, 0.15) is 18.8 Å². The number of nitrogens with one attached hydrogen (secondary N) is 2. The Hall–Kier alpha value is -4.43. The van der Waals surface area contributed by atoms with Gasteiger partial charge in [-0.05, 0) is 18.4 Å². The minimum Gasteiger partial charge on any atom is -0.444 e. The van der Waals surface area contributed by atoms with Gasteiger partial charge >= 0.3 is 12.3 Å². The second-order valence-corrected chi connectivity index (χ2v) is 7.36. The SMILES string of the molecule is NC(N)=NCCCC(NC(=O)Cn1cncc(NC(=O)OCc2ccccc2)c1=O)C(=O)C(F)(F)F. The summed E-state index contributed by atoms with van der Waals surface area (Å²) in [5, 5.41) is 4.16. The van der Waals surface area contributed by atoms with Crippen molar-refractivity contribution in [3.63, 3.8) is 0 Å². The van der Waals surface area contributed by atoms with Crippen molar-refractivity contribution in [3.8, 4) is 0 Å². The number of nitrogens with zero attached hydrogens (tertiary/aromatic N) is 3. The quantitative estimate of drug-likeness (QED) is 0.193. The average molecular weight is 511 g/mol. The van der Waals surface area contributed by atoms with Crippen molar-refractivity contribution in [2.75, 3.05) is 11.9 Å². The molecular weight excluding hydrogens is 487 g/mol. The number of carbonyl (C=O) groups excluding carboxylic acids is 3. The van der Waals surface area contributed by atoms with Crippen molar-refractivity contribution in [2.24, 2.45) is 16.5 Å². The summed E-state index contributed by atoms with van der Waals surface area (Å²) in [5.41, 5.74) is 9.79. The van der Waals surface area contributed by atoms with Crippen LogP contribution in [0.1, 0.15) is 18.4 Å². The largest absolute Gasteiger partial charge is 0.452 e. The van der Waals surface area contributed by atoms with E-state index in [-0.39, 0.29) is 31.2 Å². The van der Waals surface area contributed by atoms with Crippen LogP contribution in [-0.4, -0.2) is 52.1 Å². The van der Waals surface area contributed by atoms with E-state index in [0.29, 0.717) is 5.56 Å². The smallest absolute Gasteiger partial charge is 0.444 e. The van der Waals surface area contributed by atoms with E-state index in [1.165, 1.54) is 0 Å². The zero-order valence-corrected chi connectivity index (χ0v) is 18.8. The number of aliphatic imine (C=N–C) groups is 1. The number of carbonyl (C=O) groups is 3. The van der Waals surface area contributed by atoms with E-state index in [1.807, 2.05) is 5.32 Å². The van der Waals surface area contributed by atoms with Gasteiger partial charge in [-0.3, -0.25) is 29.3 Å². The van der Waals surface area contributed by atoms with Crippen LogP contribution in [0.3, 0.4) is 0 Å². The van der Waals surface area contributed by atoms with Gasteiger partial charge in [0, 0.05) is 6.54 Å². The van der Waals surface area contributed by atoms with Gasteiger partial charge in [0.05, 0.1) is 18.6 Å². The maximum atomic E-state index is 12.9. The highest BCUT2D eigenvalue weighted by Gasteiger charge is 2.43. The second kappa shape index (κ2) is 12.9. The molecule has 0 spiro atoms. The van der Waals surface area contributed by atoms with Gasteiger partial charge in [-0.25, -0.2) is 9.78 Å². The fourth-order valence-corrected chi connectivity index (χ4v) is 2.88. The summed E-state index contributed by atoms with van der Waals surface area (Å²) in [5.74, 6) is -3.50. The number of Topliss-reactive ketones (excluding diaryl/α,β-unsaturated/α-hetero) is 1. The standard InChI is InChI=1S/C21H24F3N7O5/c22-21(23,24)17(33)14(7-4-8-28-19(25)26)29-16(32)10-31-12-27-9-15(18(31)34)30-20(35)36-11-13-5-2-1-3-6-13/h1-3,5-6,9,12,14H,4,7-8,10-11H2,(H,29,32)(H,30,35)(H4,25,26,28). The molecule has 15 heteroatoms. The minimum absolute atomic E-state index is 0.0311. The van der Waals surface area contributed by atoms with Crippen LogP contribution in [0.2, 0.25) is 0 Å². The summed E-state index contributed by atoms with van der Waals surface area (Å²) < 4.78 is 44.6. The number of halogens is 3. The first kappa shape index (κ1) is 27.8. The normalized spacial score (nSPS) is 11.8. The number of rotatable bonds is 11. The Morgan fingerprint density at radius 1 is 1.17 bits per heavy atom. The van der Waals surface area contributed by atoms with Gasteiger partial charge in [-0.15, -0.1) is 0 Å². The number of ether oxygens (including phenoxy) is 1. The molecule has 1 heterocycles. The van der Waals surface area contributed by atoms with Gasteiger partial charge in [0.15, 0.2) is 5.96 Å². The predicted molar refractivity (Wildman–Crippen MR) is 122 cm³/mol. The van der Waals surface area contributed by atoms with E-state index in [1.54, 1.807) is 30.3 Å². The number of benzene rings is 1. The second-order valence-electron chi connectivity index (χ2n) is 7.36. The number of nitrogens with two attached hydrogens (primary N) is 2. The summed E-state index contributed by atoms with van der Waals surface area (Å²) in [6.45, 7) is -0.894. The Labute approximate surface area is 202 Å². The molecule has 0 saturated heterocycles. The molecule has 0 aliphatic rings. The lowest BCUT2D eigenvalue weighted by atomic mass is 10.1. The first-order chi connectivity index (χ1) is 17.0. The molecule has 2 amide bonds. The van der Waals surface area contributed by atoms with Crippen LogP contribution in [-0.2, 0) is 27.5 Å². The van der Waals surface area contributed by atoms with E-state index >= 15 is 0 Å². The molecular formula is C21H24F3N7O5. The van der Waals surface area contributed by atoms with E-state index in [9.17, 15) is 32.3 Å². The van der Waals surface area contributed by atoms with Crippen molar-refractivity contribution in [2.45, 2.75) is 38.2 Å². The van der Waals surface area contributed by atoms with E-state index in [4.69, 9.17) is 16.2 Å². The summed E-state index contributed by atoms with van der Waals surface area (Å²) in [6.07, 6.45) is -4.63. The first-order valence-corrected chi connectivity index (χ1v) is 10.4. The number of amides is 2. The number of anilines is 1. The van der Waals surface area contributed by atoms with Crippen LogP contribution in [0.15, 0.2) is 52.6 Å². The predicted octanol–water partition coefficient (Wildman–Crippen LogP) is 0.662. The highest BCUT2D eigenvalue weighted by molar-refractivity contribution is 5.92. The molecule has 12 nitrogen and oxygen atoms in total. The molecule has 0 aliphatic heterocycles. The molecule has 0 saturated carbocycles. The third-order valence-electron chi connectivity index (χ3n) is 4.54. The molecule has 1 unspecified atom stereocenters. The van der Waals surface area contributed by atoms with Gasteiger partial charge in [0.25, 0.3) is 11.3 Å². The highest BCUT2D eigenvalue weighted by atomic mass is 19.4. The molecule has 0 radical (unpaired) electrons. The zero-order chi connectivity index (χ0) is 26.7. The Kier molecular flexibility index (Phi) is 9.94. The topological polar surface area (TPSA) is 184 Å². The van der Waals surface area contributed by atoms with Crippen LogP contribution in [0, 0.1) is 0 Å². The number of hydrogen-bond donors (Lipinski definition) is 4. The third-order valence-corrected chi connectivity index (χ3v) is 4.54. The number of aromatic nitrogens is 2. The molecule has 0 aliphatic carbocycles. The lowest BCUT2D eigenvalue weighted by Gasteiger charge is -2.19. The Morgan fingerprint density at radius 2 is 1.86 bits per heavy atom. The average Bonchev–Trinajstić information content (AvgIpc) is 2.81. The molecule has 6 N–H and O–H groups in total. The van der Waals surface area contributed by atoms with Crippen molar-refractivity contribution >= 4 is 29.4 Å². The Balaban J connectivity index is 2.02. The van der Waals surface area contributed by atoms with Crippen molar-refractivity contribution in [1.82, 2.24) is 14.9 Å². The molecule has 1 aromatic heterocycles. The molecule has 0 bridgehead atoms. The third kappa shape index (κ3) is 9.08. The maximum absolute atomic E-state index is 12.9. The number of alkyl halides is 3. The van der Waals surface area contributed by atoms with Crippen molar-refractivity contribution in [1.29, 1.82) is 0 Å². The molecule has 194 valence electrons. The maximum Gasteiger partial charge on any atom is 0.452 e. The molecule has 36 heavy (non-hydrogen) atoms. The molecule has 2 rings (SSSR count). The molecule has 0 fully saturated rings. The molecule has 1 aromatic carbocycles. The van der Waals surface area contributed by atoms with Crippen molar-refractivity contribution < 1.29 is 32.3 Å². The summed E-state index contributed by atoms with van der Waals surface area (Å²) in [7, 11) is 0. The fraction of sp³-hybridized carbons (Fsp3) is 0.333. The van der Waals surface area contributed by atoms with Crippen LogP contribution >= 0.6 is 0 Å². The summed E-state index contributed by atoms with van der Waals surface area (Å²) in [6, 6.07) is 6.81. The van der Waals surface area contributed by atoms with Gasteiger partial charge < -0.3 is 21.5 Å². The van der Waals surface area contributed by atoms with Gasteiger partial charge in [-0.1, -0.05) is 30.3 Å². The van der Waals surface area contributed by atoms with Crippen LogP contribution in [0.5, 0.6) is 0 Å².